The fraction of sp³-hybridized carbons (Fsp3) is 0.850. The number of rotatable bonds is 5. The van der Waals surface area contributed by atoms with E-state index in [0.29, 0.717) is 12.3 Å². The number of hydrogen-bond acceptors (Lipinski definition) is 4. The fourth-order valence-electron chi connectivity index (χ4n) is 6.35. The van der Waals surface area contributed by atoms with E-state index in [0.717, 1.165) is 49.9 Å². The lowest BCUT2D eigenvalue weighted by molar-refractivity contribution is -0.149. The largest absolute Gasteiger partial charge is 0.456 e. The van der Waals surface area contributed by atoms with E-state index in [1.54, 1.807) is 0 Å². The Morgan fingerprint density at radius 3 is 2.08 bits per heavy atom. The van der Waals surface area contributed by atoms with E-state index in [9.17, 15) is 14.4 Å². The Hall–Kier alpha value is -1.59. The van der Waals surface area contributed by atoms with E-state index >= 15 is 0 Å². The number of urea groups is 1. The lowest BCUT2D eigenvalue weighted by atomic mass is 9.53. The Balaban J connectivity index is 1.19. The fourth-order valence-corrected chi connectivity index (χ4v) is 6.35. The zero-order valence-electron chi connectivity index (χ0n) is 15.4. The Morgan fingerprint density at radius 1 is 0.923 bits per heavy atom. The van der Waals surface area contributed by atoms with Crippen LogP contribution in [0.25, 0.3) is 0 Å². The minimum atomic E-state index is -0.549. The van der Waals surface area contributed by atoms with Crippen LogP contribution in [-0.4, -0.2) is 30.1 Å². The van der Waals surface area contributed by atoms with Crippen molar-refractivity contribution in [3.8, 4) is 0 Å². The van der Waals surface area contributed by atoms with Crippen molar-refractivity contribution in [1.82, 2.24) is 10.6 Å². The number of nitrogens with one attached hydrogen (secondary N) is 2. The maximum absolute atomic E-state index is 12.3. The Morgan fingerprint density at radius 2 is 1.50 bits per heavy atom. The molecule has 0 aromatic rings. The molecule has 3 amide bonds. The summed E-state index contributed by atoms with van der Waals surface area (Å²) in [4.78, 5) is 36.0. The molecule has 2 N–H and O–H groups in total. The molecular weight excluding hydrogens is 332 g/mol. The van der Waals surface area contributed by atoms with Gasteiger partial charge in [0.1, 0.15) is 0 Å². The van der Waals surface area contributed by atoms with Gasteiger partial charge in [-0.3, -0.25) is 14.9 Å². The van der Waals surface area contributed by atoms with Gasteiger partial charge < -0.3 is 10.1 Å². The van der Waals surface area contributed by atoms with Gasteiger partial charge in [0, 0.05) is 12.0 Å². The Bertz CT molecular complexity index is 547. The lowest BCUT2D eigenvalue weighted by Crippen LogP contribution is -2.62. The summed E-state index contributed by atoms with van der Waals surface area (Å²) in [6.07, 6.45) is 11.9. The molecule has 0 unspecified atom stereocenters. The molecule has 5 fully saturated rings. The average Bonchev–Trinajstić information content (AvgIpc) is 3.03. The van der Waals surface area contributed by atoms with E-state index in [-0.39, 0.29) is 18.1 Å². The van der Waals surface area contributed by atoms with Crippen LogP contribution in [0, 0.1) is 23.7 Å². The number of esters is 1. The molecule has 0 atom stereocenters. The van der Waals surface area contributed by atoms with Crippen LogP contribution in [0.15, 0.2) is 0 Å². The number of hydrogen-bond donors (Lipinski definition) is 2. The number of carbonyl (C=O) groups is 3. The standard InChI is InChI=1S/C20H30N2O4/c23-17(12-26-18(24)8-13-3-1-2-4-13)21-19(25)22-20-9-14-5-15(10-20)7-16(6-14)11-20/h13-16H,1-12H2,(H2,21,22,23,25). The molecule has 4 bridgehead atoms. The van der Waals surface area contributed by atoms with Gasteiger partial charge in [-0.2, -0.15) is 0 Å². The number of ether oxygens (including phenoxy) is 1. The summed E-state index contributed by atoms with van der Waals surface area (Å²) in [5, 5.41) is 5.43. The van der Waals surface area contributed by atoms with E-state index in [4.69, 9.17) is 4.74 Å². The lowest BCUT2D eigenvalue weighted by Gasteiger charge is -2.56. The molecule has 5 rings (SSSR count). The van der Waals surface area contributed by atoms with Crippen molar-refractivity contribution in [2.45, 2.75) is 76.2 Å². The molecule has 0 aliphatic heterocycles. The summed E-state index contributed by atoms with van der Waals surface area (Å²) in [5.74, 6) is 1.70. The van der Waals surface area contributed by atoms with Crippen LogP contribution in [0.2, 0.25) is 0 Å². The molecule has 6 heteroatoms. The van der Waals surface area contributed by atoms with Gasteiger partial charge in [0.25, 0.3) is 5.91 Å². The van der Waals surface area contributed by atoms with Crippen LogP contribution < -0.4 is 10.6 Å². The van der Waals surface area contributed by atoms with Gasteiger partial charge in [0.15, 0.2) is 6.61 Å². The topological polar surface area (TPSA) is 84.5 Å². The molecule has 0 saturated heterocycles. The maximum atomic E-state index is 12.3. The highest BCUT2D eigenvalue weighted by Gasteiger charge is 2.51. The second kappa shape index (κ2) is 7.20. The maximum Gasteiger partial charge on any atom is 0.321 e. The molecule has 144 valence electrons. The van der Waals surface area contributed by atoms with Gasteiger partial charge in [-0.1, -0.05) is 12.8 Å². The first-order valence-corrected chi connectivity index (χ1v) is 10.3. The van der Waals surface area contributed by atoms with Crippen LogP contribution in [0.4, 0.5) is 4.79 Å². The van der Waals surface area contributed by atoms with Gasteiger partial charge in [0.2, 0.25) is 0 Å². The van der Waals surface area contributed by atoms with Gasteiger partial charge in [-0.05, 0) is 75.0 Å². The molecule has 5 aliphatic carbocycles. The third kappa shape index (κ3) is 4.04. The van der Waals surface area contributed by atoms with Crippen LogP contribution in [-0.2, 0) is 14.3 Å². The van der Waals surface area contributed by atoms with Crippen LogP contribution in [0.1, 0.15) is 70.6 Å². The van der Waals surface area contributed by atoms with Gasteiger partial charge in [0.05, 0.1) is 0 Å². The van der Waals surface area contributed by atoms with Crippen molar-refractivity contribution in [3.63, 3.8) is 0 Å². The predicted molar refractivity (Wildman–Crippen MR) is 95.1 cm³/mol. The van der Waals surface area contributed by atoms with E-state index < -0.39 is 11.9 Å². The van der Waals surface area contributed by atoms with Gasteiger partial charge in [-0.25, -0.2) is 4.79 Å². The Kier molecular flexibility index (Phi) is 4.93. The molecule has 6 nitrogen and oxygen atoms in total. The zero-order valence-corrected chi connectivity index (χ0v) is 15.4. The van der Waals surface area contributed by atoms with Gasteiger partial charge >= 0.3 is 12.0 Å². The van der Waals surface area contributed by atoms with Crippen LogP contribution >= 0.6 is 0 Å². The van der Waals surface area contributed by atoms with Crippen LogP contribution in [0.5, 0.6) is 0 Å². The second-order valence-electron chi connectivity index (χ2n) is 9.22. The van der Waals surface area contributed by atoms with Crippen molar-refractivity contribution in [1.29, 1.82) is 0 Å². The number of imide groups is 1. The van der Waals surface area contributed by atoms with Crippen LogP contribution in [0.3, 0.4) is 0 Å². The summed E-state index contributed by atoms with van der Waals surface area (Å²) in [6.45, 7) is -0.375. The predicted octanol–water partition coefficient (Wildman–Crippen LogP) is 2.90. The third-order valence-electron chi connectivity index (χ3n) is 6.96. The minimum Gasteiger partial charge on any atom is -0.456 e. The van der Waals surface area contributed by atoms with E-state index in [1.165, 1.54) is 32.1 Å². The minimum absolute atomic E-state index is 0.127. The molecular formula is C20H30N2O4. The smallest absolute Gasteiger partial charge is 0.321 e. The van der Waals surface area contributed by atoms with E-state index in [2.05, 4.69) is 10.6 Å². The molecule has 0 aromatic heterocycles. The highest BCUT2D eigenvalue weighted by molar-refractivity contribution is 5.95. The summed E-state index contributed by atoms with van der Waals surface area (Å²) >= 11 is 0. The van der Waals surface area contributed by atoms with Gasteiger partial charge in [-0.15, -0.1) is 0 Å². The zero-order chi connectivity index (χ0) is 18.1. The highest BCUT2D eigenvalue weighted by atomic mass is 16.5. The normalized spacial score (nSPS) is 35.3. The first-order valence-electron chi connectivity index (χ1n) is 10.3. The van der Waals surface area contributed by atoms with Crippen molar-refractivity contribution in [2.75, 3.05) is 6.61 Å². The number of amides is 3. The van der Waals surface area contributed by atoms with E-state index in [1.807, 2.05) is 0 Å². The molecule has 0 aromatic carbocycles. The molecule has 26 heavy (non-hydrogen) atoms. The monoisotopic (exact) mass is 362 g/mol. The molecule has 0 heterocycles. The molecule has 5 aliphatic rings. The Labute approximate surface area is 154 Å². The molecule has 0 radical (unpaired) electrons. The summed E-state index contributed by atoms with van der Waals surface area (Å²) < 4.78 is 5.03. The third-order valence-corrected chi connectivity index (χ3v) is 6.96. The summed E-state index contributed by atoms with van der Waals surface area (Å²) in [7, 11) is 0. The highest BCUT2D eigenvalue weighted by Crippen LogP contribution is 2.55. The van der Waals surface area contributed by atoms with Crippen molar-refractivity contribution < 1.29 is 19.1 Å². The molecule has 0 spiro atoms. The second-order valence-corrected chi connectivity index (χ2v) is 9.22. The number of carbonyl (C=O) groups excluding carboxylic acids is 3. The van der Waals surface area contributed by atoms with Crippen molar-refractivity contribution in [2.24, 2.45) is 23.7 Å². The quantitative estimate of drug-likeness (QED) is 0.737. The summed E-state index contributed by atoms with van der Waals surface area (Å²) in [5.41, 5.74) is -0.127. The average molecular weight is 362 g/mol. The first kappa shape index (κ1) is 17.8. The summed E-state index contributed by atoms with van der Waals surface area (Å²) in [6, 6.07) is -0.441. The molecule has 5 saturated carbocycles. The van der Waals surface area contributed by atoms with Crippen molar-refractivity contribution in [3.05, 3.63) is 0 Å². The van der Waals surface area contributed by atoms with Crippen molar-refractivity contribution >= 4 is 17.9 Å². The first-order chi connectivity index (χ1) is 12.5. The SMILES string of the molecule is O=C(COC(=O)CC1CCCC1)NC(=O)NC12CC3CC(CC(C3)C1)C2.